The Morgan fingerprint density at radius 1 is 1.31 bits per heavy atom. The Balaban J connectivity index is -0.000000237. The number of nitrogens with zero attached hydrogens (tertiary/aromatic N) is 1. The summed E-state index contributed by atoms with van der Waals surface area (Å²) in [6.45, 7) is 15.1. The standard InChI is InChI=1S/C6H10N2O2.C4H8.C2H4/c1-4(3-5(9)10)6(7)8-2;1-4(2)3;1-2/h3H,1-2H3,(H2,7,8)(H,9,10);1H2,2-3H3;1-2H2/b4-3+;;. The van der Waals surface area contributed by atoms with Crippen LogP contribution in [-0.2, 0) is 4.79 Å². The summed E-state index contributed by atoms with van der Waals surface area (Å²) >= 11 is 0. The quantitative estimate of drug-likeness (QED) is 0.328. The zero-order valence-electron chi connectivity index (χ0n) is 10.6. The van der Waals surface area contributed by atoms with Gasteiger partial charge in [-0.1, -0.05) is 5.57 Å². The molecule has 4 nitrogen and oxygen atoms in total. The molecule has 0 unspecified atom stereocenters. The van der Waals surface area contributed by atoms with E-state index in [0.717, 1.165) is 6.08 Å². The minimum atomic E-state index is -1.01. The Kier molecular flexibility index (Phi) is 16.2. The molecule has 16 heavy (non-hydrogen) atoms. The van der Waals surface area contributed by atoms with Crippen LogP contribution in [0.2, 0.25) is 0 Å². The lowest BCUT2D eigenvalue weighted by Gasteiger charge is -1.94. The first kappa shape index (κ1) is 19.7. The van der Waals surface area contributed by atoms with Crippen LogP contribution in [0.4, 0.5) is 0 Å². The first-order valence-corrected chi connectivity index (χ1v) is 4.57. The SMILES string of the molecule is C=C.C=C(C)C.CN=C(N)/C(C)=C/C(=O)O. The number of aliphatic imine (C=N–C) groups is 1. The monoisotopic (exact) mass is 226 g/mol. The topological polar surface area (TPSA) is 75.7 Å². The molecule has 0 spiro atoms. The number of carboxylic acid groups (broad SMARTS) is 1. The molecule has 0 aromatic carbocycles. The summed E-state index contributed by atoms with van der Waals surface area (Å²) in [5.41, 5.74) is 6.92. The molecular weight excluding hydrogens is 204 g/mol. The van der Waals surface area contributed by atoms with Crippen molar-refractivity contribution in [2.45, 2.75) is 20.8 Å². The predicted octanol–water partition coefficient (Wildman–Crippen LogP) is 2.39. The second-order valence-electron chi connectivity index (χ2n) is 2.98. The highest BCUT2D eigenvalue weighted by Crippen LogP contribution is 1.90. The van der Waals surface area contributed by atoms with Gasteiger partial charge in [-0.15, -0.1) is 19.7 Å². The maximum atomic E-state index is 10.0. The molecule has 0 saturated carbocycles. The van der Waals surface area contributed by atoms with E-state index in [4.69, 9.17) is 10.8 Å². The van der Waals surface area contributed by atoms with Gasteiger partial charge in [0.05, 0.1) is 0 Å². The summed E-state index contributed by atoms with van der Waals surface area (Å²) < 4.78 is 0. The van der Waals surface area contributed by atoms with Gasteiger partial charge in [-0.3, -0.25) is 4.99 Å². The maximum Gasteiger partial charge on any atom is 0.328 e. The third-order valence-electron chi connectivity index (χ3n) is 0.985. The number of carboxylic acids is 1. The molecule has 0 aromatic heterocycles. The molecule has 0 heterocycles. The normalized spacial score (nSPS) is 10.2. The number of rotatable bonds is 2. The van der Waals surface area contributed by atoms with Gasteiger partial charge in [0.25, 0.3) is 0 Å². The van der Waals surface area contributed by atoms with Gasteiger partial charge in [0.2, 0.25) is 0 Å². The number of nitrogens with two attached hydrogens (primary N) is 1. The van der Waals surface area contributed by atoms with E-state index in [0.29, 0.717) is 5.57 Å². The molecule has 0 radical (unpaired) electrons. The van der Waals surface area contributed by atoms with Crippen molar-refractivity contribution in [1.29, 1.82) is 0 Å². The van der Waals surface area contributed by atoms with Crippen molar-refractivity contribution in [3.05, 3.63) is 37.0 Å². The van der Waals surface area contributed by atoms with Crippen LogP contribution >= 0.6 is 0 Å². The summed E-state index contributed by atoms with van der Waals surface area (Å²) in [4.78, 5) is 13.6. The van der Waals surface area contributed by atoms with Crippen LogP contribution < -0.4 is 5.73 Å². The van der Waals surface area contributed by atoms with Crippen molar-refractivity contribution >= 4 is 11.8 Å². The van der Waals surface area contributed by atoms with Gasteiger partial charge in [-0.05, 0) is 26.3 Å². The Morgan fingerprint density at radius 3 is 1.81 bits per heavy atom. The van der Waals surface area contributed by atoms with Crippen molar-refractivity contribution in [2.24, 2.45) is 10.7 Å². The van der Waals surface area contributed by atoms with E-state index in [1.54, 1.807) is 6.92 Å². The van der Waals surface area contributed by atoms with E-state index in [9.17, 15) is 4.79 Å². The fourth-order valence-corrected chi connectivity index (χ4v) is 0.436. The van der Waals surface area contributed by atoms with E-state index >= 15 is 0 Å². The number of hydrogen-bond donors (Lipinski definition) is 2. The number of carbonyl (C=O) groups is 1. The molecule has 3 N–H and O–H groups in total. The molecular formula is C12H22N2O2. The summed E-state index contributed by atoms with van der Waals surface area (Å²) in [5, 5.41) is 8.24. The highest BCUT2D eigenvalue weighted by molar-refractivity contribution is 6.00. The maximum absolute atomic E-state index is 10.0. The first-order chi connectivity index (χ1) is 7.31. The summed E-state index contributed by atoms with van der Waals surface area (Å²) in [6, 6.07) is 0. The van der Waals surface area contributed by atoms with Gasteiger partial charge >= 0.3 is 5.97 Å². The van der Waals surface area contributed by atoms with Crippen molar-refractivity contribution in [3.63, 3.8) is 0 Å². The minimum absolute atomic E-state index is 0.252. The third-order valence-corrected chi connectivity index (χ3v) is 0.985. The summed E-state index contributed by atoms with van der Waals surface area (Å²) in [5.74, 6) is -0.758. The van der Waals surface area contributed by atoms with Gasteiger partial charge in [-0.2, -0.15) is 0 Å². The molecule has 0 bridgehead atoms. The predicted molar refractivity (Wildman–Crippen MR) is 70.7 cm³/mol. The molecule has 0 atom stereocenters. The Morgan fingerprint density at radius 2 is 1.62 bits per heavy atom. The van der Waals surface area contributed by atoms with Crippen molar-refractivity contribution in [3.8, 4) is 0 Å². The van der Waals surface area contributed by atoms with Crippen LogP contribution in [0.15, 0.2) is 42.0 Å². The summed E-state index contributed by atoms with van der Waals surface area (Å²) in [6.07, 6.45) is 1.02. The number of aliphatic carboxylic acids is 1. The Labute approximate surface area is 97.9 Å². The minimum Gasteiger partial charge on any atom is -0.478 e. The molecule has 0 fully saturated rings. The molecule has 0 aliphatic rings. The van der Waals surface area contributed by atoms with E-state index in [-0.39, 0.29) is 5.84 Å². The Bertz CT molecular complexity index is 275. The molecule has 0 aromatic rings. The molecule has 0 saturated heterocycles. The lowest BCUT2D eigenvalue weighted by atomic mass is 10.2. The molecule has 0 rings (SSSR count). The molecule has 4 heteroatoms. The fraction of sp³-hybridized carbons (Fsp3) is 0.333. The number of amidine groups is 1. The highest BCUT2D eigenvalue weighted by atomic mass is 16.4. The Hall–Kier alpha value is -1.84. The molecule has 0 aliphatic carbocycles. The molecule has 0 amide bonds. The van der Waals surface area contributed by atoms with Crippen LogP contribution in [0, 0.1) is 0 Å². The van der Waals surface area contributed by atoms with Gasteiger partial charge < -0.3 is 10.8 Å². The molecule has 0 aliphatic heterocycles. The highest BCUT2D eigenvalue weighted by Gasteiger charge is 1.96. The van der Waals surface area contributed by atoms with Gasteiger partial charge in [0.15, 0.2) is 0 Å². The van der Waals surface area contributed by atoms with E-state index in [1.807, 2.05) is 13.8 Å². The van der Waals surface area contributed by atoms with E-state index < -0.39 is 5.97 Å². The van der Waals surface area contributed by atoms with E-state index in [2.05, 4.69) is 24.7 Å². The lowest BCUT2D eigenvalue weighted by Crippen LogP contribution is -2.13. The van der Waals surface area contributed by atoms with Crippen molar-refractivity contribution in [2.75, 3.05) is 7.05 Å². The van der Waals surface area contributed by atoms with Crippen LogP contribution in [0.1, 0.15) is 20.8 Å². The third kappa shape index (κ3) is 22.7. The smallest absolute Gasteiger partial charge is 0.328 e. The van der Waals surface area contributed by atoms with Crippen molar-refractivity contribution in [1.82, 2.24) is 0 Å². The largest absolute Gasteiger partial charge is 0.478 e. The lowest BCUT2D eigenvalue weighted by molar-refractivity contribution is -0.131. The zero-order valence-corrected chi connectivity index (χ0v) is 10.6. The second kappa shape index (κ2) is 13.2. The van der Waals surface area contributed by atoms with Crippen LogP contribution in [-0.4, -0.2) is 24.0 Å². The van der Waals surface area contributed by atoms with Gasteiger partial charge in [-0.25, -0.2) is 4.79 Å². The number of hydrogen-bond acceptors (Lipinski definition) is 2. The average molecular weight is 226 g/mol. The number of allylic oxidation sites excluding steroid dienone is 1. The second-order valence-corrected chi connectivity index (χ2v) is 2.98. The van der Waals surface area contributed by atoms with Gasteiger partial charge in [0, 0.05) is 13.1 Å². The van der Waals surface area contributed by atoms with Crippen LogP contribution in [0.25, 0.3) is 0 Å². The first-order valence-electron chi connectivity index (χ1n) is 4.57. The van der Waals surface area contributed by atoms with Crippen LogP contribution in [0.5, 0.6) is 0 Å². The van der Waals surface area contributed by atoms with Crippen molar-refractivity contribution < 1.29 is 9.90 Å². The van der Waals surface area contributed by atoms with Crippen LogP contribution in [0.3, 0.4) is 0 Å². The summed E-state index contributed by atoms with van der Waals surface area (Å²) in [7, 11) is 1.51. The zero-order chi connectivity index (χ0) is 13.7. The average Bonchev–Trinajstić information content (AvgIpc) is 2.17. The van der Waals surface area contributed by atoms with Gasteiger partial charge in [0.1, 0.15) is 5.84 Å². The molecule has 92 valence electrons. The fourth-order valence-electron chi connectivity index (χ4n) is 0.436. The van der Waals surface area contributed by atoms with E-state index in [1.165, 1.54) is 12.6 Å².